The van der Waals surface area contributed by atoms with Crippen LogP contribution in [0.15, 0.2) is 0 Å². The Morgan fingerprint density at radius 2 is 2.06 bits per heavy atom. The molecule has 1 heterocycles. The van der Waals surface area contributed by atoms with Gasteiger partial charge in [-0.3, -0.25) is 9.59 Å². The molecule has 98 valence electrons. The molecule has 1 unspecified atom stereocenters. The number of hydrogen-bond donors (Lipinski definition) is 1. The molecule has 1 N–H and O–H groups in total. The van der Waals surface area contributed by atoms with Gasteiger partial charge in [-0.25, -0.2) is 0 Å². The maximum Gasteiger partial charge on any atom is 0.232 e. The fourth-order valence-corrected chi connectivity index (χ4v) is 2.32. The molecule has 2 amide bonds. The predicted molar refractivity (Wildman–Crippen MR) is 67.6 cm³/mol. The molecular formula is C13H24N2O2. The molecule has 0 bridgehead atoms. The first kappa shape index (κ1) is 14.0. The van der Waals surface area contributed by atoms with E-state index in [0.29, 0.717) is 12.6 Å². The molecule has 0 aromatic rings. The third kappa shape index (κ3) is 4.36. The number of carbonyl (C=O) groups excluding carboxylic acids is 2. The summed E-state index contributed by atoms with van der Waals surface area (Å²) in [5.74, 6) is -0.151. The average Bonchev–Trinajstić information content (AvgIpc) is 2.36. The van der Waals surface area contributed by atoms with Gasteiger partial charge in [0.15, 0.2) is 0 Å². The molecule has 0 saturated carbocycles. The summed E-state index contributed by atoms with van der Waals surface area (Å²) in [5.41, 5.74) is 0. The van der Waals surface area contributed by atoms with Crippen LogP contribution < -0.4 is 5.32 Å². The van der Waals surface area contributed by atoms with Crippen LogP contribution in [0.2, 0.25) is 0 Å². The largest absolute Gasteiger partial charge is 0.356 e. The van der Waals surface area contributed by atoms with Crippen LogP contribution in [-0.4, -0.2) is 35.8 Å². The molecule has 1 rings (SSSR count). The van der Waals surface area contributed by atoms with Gasteiger partial charge in [0.1, 0.15) is 6.42 Å². The highest BCUT2D eigenvalue weighted by Gasteiger charge is 2.26. The highest BCUT2D eigenvalue weighted by Crippen LogP contribution is 2.20. The zero-order chi connectivity index (χ0) is 12.7. The maximum atomic E-state index is 12.0. The van der Waals surface area contributed by atoms with E-state index >= 15 is 0 Å². The minimum absolute atomic E-state index is 0.00912. The number of hydrogen-bond acceptors (Lipinski definition) is 2. The van der Waals surface area contributed by atoms with E-state index in [4.69, 9.17) is 0 Å². The van der Waals surface area contributed by atoms with E-state index in [1.807, 2.05) is 11.8 Å². The molecule has 0 radical (unpaired) electrons. The SMILES string of the molecule is CCCNC(=O)CC(=O)N1CCCCC1CC. The summed E-state index contributed by atoms with van der Waals surface area (Å²) in [6.07, 6.45) is 5.25. The van der Waals surface area contributed by atoms with Crippen molar-refractivity contribution in [2.24, 2.45) is 0 Å². The second-order valence-electron chi connectivity index (χ2n) is 4.67. The average molecular weight is 240 g/mol. The zero-order valence-electron chi connectivity index (χ0n) is 11.0. The first-order valence-electron chi connectivity index (χ1n) is 6.75. The van der Waals surface area contributed by atoms with Gasteiger partial charge in [0, 0.05) is 19.1 Å². The number of likely N-dealkylation sites (tertiary alicyclic amines) is 1. The van der Waals surface area contributed by atoms with Gasteiger partial charge >= 0.3 is 0 Å². The van der Waals surface area contributed by atoms with Crippen molar-refractivity contribution in [3.8, 4) is 0 Å². The Balaban J connectivity index is 2.42. The molecule has 1 fully saturated rings. The predicted octanol–water partition coefficient (Wildman–Crippen LogP) is 1.69. The van der Waals surface area contributed by atoms with E-state index < -0.39 is 0 Å². The number of rotatable bonds is 5. The number of nitrogens with zero attached hydrogens (tertiary/aromatic N) is 1. The third-order valence-corrected chi connectivity index (χ3v) is 3.30. The summed E-state index contributed by atoms with van der Waals surface area (Å²) in [6.45, 7) is 5.58. The Morgan fingerprint density at radius 3 is 2.71 bits per heavy atom. The van der Waals surface area contributed by atoms with Crippen molar-refractivity contribution in [3.05, 3.63) is 0 Å². The van der Waals surface area contributed by atoms with Crippen LogP contribution in [0.25, 0.3) is 0 Å². The van der Waals surface area contributed by atoms with Gasteiger partial charge in [0.25, 0.3) is 0 Å². The van der Waals surface area contributed by atoms with Crippen molar-refractivity contribution >= 4 is 11.8 Å². The van der Waals surface area contributed by atoms with Crippen LogP contribution in [0.4, 0.5) is 0 Å². The molecule has 0 spiro atoms. The number of carbonyl (C=O) groups is 2. The lowest BCUT2D eigenvalue weighted by molar-refractivity contribution is -0.139. The van der Waals surface area contributed by atoms with Crippen molar-refractivity contribution in [2.75, 3.05) is 13.1 Å². The molecule has 1 saturated heterocycles. The van der Waals surface area contributed by atoms with E-state index in [1.165, 1.54) is 6.42 Å². The zero-order valence-corrected chi connectivity index (χ0v) is 11.0. The van der Waals surface area contributed by atoms with Gasteiger partial charge in [-0.2, -0.15) is 0 Å². The molecule has 1 atom stereocenters. The topological polar surface area (TPSA) is 49.4 Å². The summed E-state index contributed by atoms with van der Waals surface area (Å²) in [6, 6.07) is 0.343. The molecule has 4 nitrogen and oxygen atoms in total. The first-order chi connectivity index (χ1) is 8.19. The molecule has 0 aliphatic carbocycles. The van der Waals surface area contributed by atoms with Gasteiger partial charge in [0.2, 0.25) is 11.8 Å². The van der Waals surface area contributed by atoms with Crippen LogP contribution in [0.3, 0.4) is 0 Å². The van der Waals surface area contributed by atoms with Gasteiger partial charge in [-0.05, 0) is 32.1 Å². The highest BCUT2D eigenvalue weighted by molar-refractivity contribution is 5.97. The minimum atomic E-state index is -0.141. The number of nitrogens with one attached hydrogen (secondary N) is 1. The molecule has 17 heavy (non-hydrogen) atoms. The van der Waals surface area contributed by atoms with E-state index in [9.17, 15) is 9.59 Å². The van der Waals surface area contributed by atoms with Crippen molar-refractivity contribution < 1.29 is 9.59 Å². The van der Waals surface area contributed by atoms with Gasteiger partial charge in [-0.1, -0.05) is 13.8 Å². The normalized spacial score (nSPS) is 20.1. The Hall–Kier alpha value is -1.06. The van der Waals surface area contributed by atoms with E-state index in [0.717, 1.165) is 32.2 Å². The Kier molecular flexibility index (Phi) is 6.01. The standard InChI is InChI=1S/C13H24N2O2/c1-3-8-14-12(16)10-13(17)15-9-6-5-7-11(15)4-2/h11H,3-10H2,1-2H3,(H,14,16). The molecule has 0 aromatic carbocycles. The Morgan fingerprint density at radius 1 is 1.29 bits per heavy atom. The van der Waals surface area contributed by atoms with Crippen molar-refractivity contribution in [1.29, 1.82) is 0 Å². The van der Waals surface area contributed by atoms with E-state index in [1.54, 1.807) is 0 Å². The van der Waals surface area contributed by atoms with Crippen LogP contribution in [0.5, 0.6) is 0 Å². The fraction of sp³-hybridized carbons (Fsp3) is 0.846. The fourth-order valence-electron chi connectivity index (χ4n) is 2.32. The minimum Gasteiger partial charge on any atom is -0.356 e. The molecular weight excluding hydrogens is 216 g/mol. The molecule has 1 aliphatic rings. The third-order valence-electron chi connectivity index (χ3n) is 3.30. The summed E-state index contributed by atoms with van der Waals surface area (Å²) < 4.78 is 0. The molecule has 0 aromatic heterocycles. The first-order valence-corrected chi connectivity index (χ1v) is 6.75. The lowest BCUT2D eigenvalue weighted by atomic mass is 9.99. The van der Waals surface area contributed by atoms with Gasteiger partial charge in [-0.15, -0.1) is 0 Å². The number of piperidine rings is 1. The van der Waals surface area contributed by atoms with Crippen LogP contribution >= 0.6 is 0 Å². The van der Waals surface area contributed by atoms with Crippen LogP contribution in [-0.2, 0) is 9.59 Å². The smallest absolute Gasteiger partial charge is 0.232 e. The van der Waals surface area contributed by atoms with Gasteiger partial charge < -0.3 is 10.2 Å². The quantitative estimate of drug-likeness (QED) is 0.743. The lowest BCUT2D eigenvalue weighted by Crippen LogP contribution is -2.45. The second-order valence-corrected chi connectivity index (χ2v) is 4.67. The second kappa shape index (κ2) is 7.30. The number of amides is 2. The van der Waals surface area contributed by atoms with Gasteiger partial charge in [0.05, 0.1) is 0 Å². The van der Waals surface area contributed by atoms with Crippen molar-refractivity contribution in [1.82, 2.24) is 10.2 Å². The van der Waals surface area contributed by atoms with E-state index in [-0.39, 0.29) is 18.2 Å². The monoisotopic (exact) mass is 240 g/mol. The van der Waals surface area contributed by atoms with Crippen LogP contribution in [0.1, 0.15) is 52.4 Å². The van der Waals surface area contributed by atoms with Crippen molar-refractivity contribution in [2.45, 2.75) is 58.4 Å². The Bertz CT molecular complexity index is 266. The van der Waals surface area contributed by atoms with Crippen LogP contribution in [0, 0.1) is 0 Å². The summed E-state index contributed by atoms with van der Waals surface area (Å²) in [5, 5.41) is 2.75. The molecule has 1 aliphatic heterocycles. The lowest BCUT2D eigenvalue weighted by Gasteiger charge is -2.35. The summed E-state index contributed by atoms with van der Waals surface area (Å²) >= 11 is 0. The summed E-state index contributed by atoms with van der Waals surface area (Å²) in [7, 11) is 0. The molecule has 4 heteroatoms. The van der Waals surface area contributed by atoms with Crippen molar-refractivity contribution in [3.63, 3.8) is 0 Å². The Labute approximate surface area is 104 Å². The highest BCUT2D eigenvalue weighted by atomic mass is 16.2. The summed E-state index contributed by atoms with van der Waals surface area (Å²) in [4.78, 5) is 25.4. The maximum absolute atomic E-state index is 12.0. The van der Waals surface area contributed by atoms with E-state index in [2.05, 4.69) is 12.2 Å².